The average Bonchev–Trinajstić information content (AvgIpc) is 3.22. The molecule has 2 aromatic rings. The van der Waals surface area contributed by atoms with Crippen LogP contribution < -0.4 is 9.47 Å². The highest BCUT2D eigenvalue weighted by Crippen LogP contribution is 2.29. The zero-order chi connectivity index (χ0) is 20.1. The third-order valence-electron chi connectivity index (χ3n) is 4.86. The third kappa shape index (κ3) is 4.27. The topological polar surface area (TPSA) is 93.9 Å². The molecule has 1 fully saturated rings. The third-order valence-corrected chi connectivity index (χ3v) is 4.86. The van der Waals surface area contributed by atoms with Crippen LogP contribution in [0, 0.1) is 0 Å². The smallest absolute Gasteiger partial charge is 0.338 e. The van der Waals surface area contributed by atoms with Crippen LogP contribution in [0.3, 0.4) is 0 Å². The molecule has 3 rings (SSSR count). The van der Waals surface area contributed by atoms with Crippen LogP contribution in [0.4, 0.5) is 0 Å². The van der Waals surface area contributed by atoms with Crippen LogP contribution in [0.25, 0.3) is 0 Å². The van der Waals surface area contributed by atoms with Gasteiger partial charge in [0.1, 0.15) is 11.5 Å². The van der Waals surface area contributed by atoms with Crippen molar-refractivity contribution in [2.24, 2.45) is 0 Å². The normalized spacial score (nSPS) is 14.7. The van der Waals surface area contributed by atoms with Crippen LogP contribution in [0.2, 0.25) is 0 Å². The van der Waals surface area contributed by atoms with Crippen LogP contribution in [-0.2, 0) is 0 Å². The minimum Gasteiger partial charge on any atom is -0.497 e. The number of carboxylic acid groups (broad SMARTS) is 1. The number of hydrogen-bond acceptors (Lipinski definition) is 5. The van der Waals surface area contributed by atoms with E-state index in [9.17, 15) is 9.59 Å². The Hall–Kier alpha value is -3.03. The van der Waals surface area contributed by atoms with Gasteiger partial charge in [-0.3, -0.25) is 9.48 Å². The summed E-state index contributed by atoms with van der Waals surface area (Å²) >= 11 is 0. The second kappa shape index (κ2) is 8.77. The molecule has 0 bridgehead atoms. The first-order valence-electron chi connectivity index (χ1n) is 9.41. The molecule has 28 heavy (non-hydrogen) atoms. The van der Waals surface area contributed by atoms with Gasteiger partial charge in [0.2, 0.25) is 0 Å². The molecular weight excluding hydrogens is 362 g/mol. The molecule has 0 atom stereocenters. The number of benzene rings is 1. The zero-order valence-electron chi connectivity index (χ0n) is 16.1. The van der Waals surface area contributed by atoms with Gasteiger partial charge in [0, 0.05) is 25.4 Å². The van der Waals surface area contributed by atoms with E-state index in [1.807, 2.05) is 6.92 Å². The van der Waals surface area contributed by atoms with Crippen molar-refractivity contribution in [1.29, 1.82) is 0 Å². The lowest BCUT2D eigenvalue weighted by Gasteiger charge is -2.32. The number of hydrogen-bond donors (Lipinski definition) is 1. The number of methoxy groups -OCH3 is 1. The van der Waals surface area contributed by atoms with Gasteiger partial charge in [0.15, 0.2) is 0 Å². The number of carbonyl (C=O) groups excluding carboxylic acids is 1. The van der Waals surface area contributed by atoms with Crippen molar-refractivity contribution < 1.29 is 24.2 Å². The summed E-state index contributed by atoms with van der Waals surface area (Å²) in [5.41, 5.74) is 0.703. The summed E-state index contributed by atoms with van der Waals surface area (Å²) in [7, 11) is 1.58. The SMILES string of the molecule is CCCOc1cc(OC)ccc1C(=O)N1CCC(n2cc(C(=O)O)cn2)CC1. The van der Waals surface area contributed by atoms with Crippen LogP contribution in [0.1, 0.15) is 52.9 Å². The molecule has 0 aliphatic carbocycles. The molecule has 1 aliphatic rings. The van der Waals surface area contributed by atoms with Gasteiger partial charge < -0.3 is 19.5 Å². The van der Waals surface area contributed by atoms with Crippen molar-refractivity contribution in [2.45, 2.75) is 32.2 Å². The highest BCUT2D eigenvalue weighted by atomic mass is 16.5. The van der Waals surface area contributed by atoms with Gasteiger partial charge in [0.05, 0.1) is 37.1 Å². The molecule has 0 spiro atoms. The molecule has 2 heterocycles. The monoisotopic (exact) mass is 387 g/mol. The molecule has 1 N–H and O–H groups in total. The van der Waals surface area contributed by atoms with E-state index in [4.69, 9.17) is 14.6 Å². The van der Waals surface area contributed by atoms with Crippen LogP contribution in [0.15, 0.2) is 30.6 Å². The Kier molecular flexibility index (Phi) is 6.18. The Morgan fingerprint density at radius 1 is 1.29 bits per heavy atom. The largest absolute Gasteiger partial charge is 0.497 e. The van der Waals surface area contributed by atoms with Crippen molar-refractivity contribution >= 4 is 11.9 Å². The number of amides is 1. The first-order chi connectivity index (χ1) is 13.5. The number of aromatic carboxylic acids is 1. The fourth-order valence-corrected chi connectivity index (χ4v) is 3.29. The number of nitrogens with zero attached hydrogens (tertiary/aromatic N) is 3. The summed E-state index contributed by atoms with van der Waals surface area (Å²) in [6.07, 6.45) is 5.18. The first kappa shape index (κ1) is 19.7. The highest BCUT2D eigenvalue weighted by molar-refractivity contribution is 5.97. The average molecular weight is 387 g/mol. The molecule has 1 saturated heterocycles. The number of likely N-dealkylation sites (tertiary alicyclic amines) is 1. The van der Waals surface area contributed by atoms with Crippen molar-refractivity contribution in [2.75, 3.05) is 26.8 Å². The lowest BCUT2D eigenvalue weighted by atomic mass is 10.0. The molecule has 1 aliphatic heterocycles. The molecule has 8 nitrogen and oxygen atoms in total. The summed E-state index contributed by atoms with van der Waals surface area (Å²) in [5, 5.41) is 13.2. The van der Waals surface area contributed by atoms with E-state index in [0.717, 1.165) is 6.42 Å². The number of aromatic nitrogens is 2. The molecular formula is C20H25N3O5. The Morgan fingerprint density at radius 3 is 2.64 bits per heavy atom. The van der Waals surface area contributed by atoms with Gasteiger partial charge in [-0.25, -0.2) is 4.79 Å². The predicted octanol–water partition coefficient (Wildman–Crippen LogP) is 2.86. The van der Waals surface area contributed by atoms with Crippen molar-refractivity contribution in [3.05, 3.63) is 41.7 Å². The van der Waals surface area contributed by atoms with E-state index in [1.165, 1.54) is 6.20 Å². The summed E-state index contributed by atoms with van der Waals surface area (Å²) in [6, 6.07) is 5.33. The van der Waals surface area contributed by atoms with E-state index < -0.39 is 5.97 Å². The Morgan fingerprint density at radius 2 is 2.04 bits per heavy atom. The summed E-state index contributed by atoms with van der Waals surface area (Å²) in [4.78, 5) is 25.9. The van der Waals surface area contributed by atoms with Crippen LogP contribution in [-0.4, -0.2) is 58.5 Å². The second-order valence-electron chi connectivity index (χ2n) is 6.75. The Balaban J connectivity index is 1.68. The van der Waals surface area contributed by atoms with Crippen LogP contribution in [0.5, 0.6) is 11.5 Å². The maximum Gasteiger partial charge on any atom is 0.338 e. The predicted molar refractivity (Wildman–Crippen MR) is 102 cm³/mol. The number of ether oxygens (including phenoxy) is 2. The number of carboxylic acids is 1. The Labute approximate surface area is 163 Å². The molecule has 1 aromatic heterocycles. The maximum absolute atomic E-state index is 13.0. The molecule has 0 saturated carbocycles. The fraction of sp³-hybridized carbons (Fsp3) is 0.450. The minimum atomic E-state index is -0.988. The van der Waals surface area contributed by atoms with E-state index >= 15 is 0 Å². The van der Waals surface area contributed by atoms with Gasteiger partial charge in [-0.1, -0.05) is 6.92 Å². The summed E-state index contributed by atoms with van der Waals surface area (Å²) in [6.45, 7) is 3.69. The van der Waals surface area contributed by atoms with Gasteiger partial charge >= 0.3 is 5.97 Å². The second-order valence-corrected chi connectivity index (χ2v) is 6.75. The molecule has 1 aromatic carbocycles. The first-order valence-corrected chi connectivity index (χ1v) is 9.41. The fourth-order valence-electron chi connectivity index (χ4n) is 3.29. The molecule has 1 amide bonds. The zero-order valence-corrected chi connectivity index (χ0v) is 16.1. The lowest BCUT2D eigenvalue weighted by molar-refractivity contribution is 0.0684. The van der Waals surface area contributed by atoms with Crippen molar-refractivity contribution in [3.8, 4) is 11.5 Å². The summed E-state index contributed by atoms with van der Waals surface area (Å²) < 4.78 is 12.7. The quantitative estimate of drug-likeness (QED) is 0.785. The van der Waals surface area contributed by atoms with E-state index in [-0.39, 0.29) is 17.5 Å². The van der Waals surface area contributed by atoms with Gasteiger partial charge in [-0.05, 0) is 31.4 Å². The molecule has 0 unspecified atom stereocenters. The highest BCUT2D eigenvalue weighted by Gasteiger charge is 2.27. The van der Waals surface area contributed by atoms with Crippen molar-refractivity contribution in [1.82, 2.24) is 14.7 Å². The van der Waals surface area contributed by atoms with E-state index in [2.05, 4.69) is 5.10 Å². The molecule has 8 heteroatoms. The van der Waals surface area contributed by atoms with Crippen molar-refractivity contribution in [3.63, 3.8) is 0 Å². The minimum absolute atomic E-state index is 0.0705. The molecule has 150 valence electrons. The Bertz CT molecular complexity index is 840. The summed E-state index contributed by atoms with van der Waals surface area (Å²) in [5.74, 6) is 0.123. The van der Waals surface area contributed by atoms with Gasteiger partial charge in [0.25, 0.3) is 5.91 Å². The van der Waals surface area contributed by atoms with Gasteiger partial charge in [-0.2, -0.15) is 5.10 Å². The van der Waals surface area contributed by atoms with Crippen LogP contribution >= 0.6 is 0 Å². The van der Waals surface area contributed by atoms with Gasteiger partial charge in [-0.15, -0.1) is 0 Å². The number of piperidine rings is 1. The number of rotatable bonds is 7. The number of carbonyl (C=O) groups is 2. The van der Waals surface area contributed by atoms with E-state index in [0.29, 0.717) is 49.6 Å². The van der Waals surface area contributed by atoms with E-state index in [1.54, 1.807) is 41.1 Å². The molecule has 0 radical (unpaired) electrons. The standard InChI is InChI=1S/C20H25N3O5/c1-3-10-28-18-11-16(27-2)4-5-17(18)19(24)22-8-6-15(7-9-22)23-13-14(12-21-23)20(25)26/h4-5,11-13,15H,3,6-10H2,1-2H3,(H,25,26). The maximum atomic E-state index is 13.0. The lowest BCUT2D eigenvalue weighted by Crippen LogP contribution is -2.39.